The van der Waals surface area contributed by atoms with Gasteiger partial charge in [-0.2, -0.15) is 0 Å². The third kappa shape index (κ3) is 3.66. The van der Waals surface area contributed by atoms with E-state index < -0.39 is 0 Å². The lowest BCUT2D eigenvalue weighted by molar-refractivity contribution is 0.0972. The van der Waals surface area contributed by atoms with Crippen molar-refractivity contribution in [1.82, 2.24) is 0 Å². The smallest absolute Gasteiger partial charge is 0.166 e. The van der Waals surface area contributed by atoms with Crippen LogP contribution in [0.5, 0.6) is 0 Å². The minimum absolute atomic E-state index is 0.0336. The Balaban J connectivity index is 2.63. The number of carbonyl (C=O) groups excluding carboxylic acids is 1. The molecule has 3 heteroatoms. The Labute approximate surface area is 96.8 Å². The molecule has 16 heavy (non-hydrogen) atoms. The number of benzene rings is 1. The first-order chi connectivity index (χ1) is 7.50. The maximum Gasteiger partial charge on any atom is 0.166 e. The van der Waals surface area contributed by atoms with Crippen LogP contribution >= 0.6 is 0 Å². The van der Waals surface area contributed by atoms with E-state index in [9.17, 15) is 4.79 Å². The summed E-state index contributed by atoms with van der Waals surface area (Å²) >= 11 is 0. The molecule has 1 atom stereocenters. The van der Waals surface area contributed by atoms with Crippen molar-refractivity contribution < 1.29 is 4.79 Å². The Bertz CT molecular complexity index is 361. The molecule has 0 aromatic heterocycles. The van der Waals surface area contributed by atoms with Gasteiger partial charge in [-0.05, 0) is 24.5 Å². The Hall–Kier alpha value is -1.35. The number of anilines is 1. The van der Waals surface area contributed by atoms with Gasteiger partial charge in [0.25, 0.3) is 0 Å². The Kier molecular flexibility index (Phi) is 4.50. The summed E-state index contributed by atoms with van der Waals surface area (Å²) in [4.78, 5) is 11.9. The minimum Gasteiger partial charge on any atom is -0.398 e. The summed E-state index contributed by atoms with van der Waals surface area (Å²) in [6.07, 6.45) is 1.23. The second-order valence-electron chi connectivity index (χ2n) is 4.60. The number of nitrogens with two attached hydrogens (primary N) is 2. The topological polar surface area (TPSA) is 69.1 Å². The molecule has 0 saturated heterocycles. The van der Waals surface area contributed by atoms with Crippen molar-refractivity contribution in [3.8, 4) is 0 Å². The highest BCUT2D eigenvalue weighted by Gasteiger charge is 2.14. The zero-order chi connectivity index (χ0) is 12.1. The van der Waals surface area contributed by atoms with Crippen molar-refractivity contribution >= 4 is 11.5 Å². The van der Waals surface area contributed by atoms with E-state index in [1.54, 1.807) is 12.1 Å². The van der Waals surface area contributed by atoms with Crippen LogP contribution in [-0.4, -0.2) is 11.8 Å². The zero-order valence-corrected chi connectivity index (χ0v) is 9.94. The Morgan fingerprint density at radius 1 is 1.31 bits per heavy atom. The van der Waals surface area contributed by atoms with Crippen molar-refractivity contribution in [3.63, 3.8) is 0 Å². The van der Waals surface area contributed by atoms with Crippen LogP contribution in [0.1, 0.15) is 37.0 Å². The molecule has 0 saturated carbocycles. The monoisotopic (exact) mass is 220 g/mol. The predicted octanol–water partition coefficient (Wildman–Crippen LogP) is 2.22. The number of hydrogen-bond acceptors (Lipinski definition) is 3. The number of hydrogen-bond donors (Lipinski definition) is 2. The van der Waals surface area contributed by atoms with Gasteiger partial charge in [-0.3, -0.25) is 4.79 Å². The van der Waals surface area contributed by atoms with Crippen LogP contribution in [0.4, 0.5) is 5.69 Å². The third-order valence-electron chi connectivity index (χ3n) is 2.48. The fraction of sp³-hybridized carbons (Fsp3) is 0.462. The van der Waals surface area contributed by atoms with Crippen LogP contribution in [0.15, 0.2) is 24.3 Å². The number of nitrogen functional groups attached to an aromatic ring is 1. The van der Waals surface area contributed by atoms with Crippen molar-refractivity contribution in [3.05, 3.63) is 29.8 Å². The molecule has 0 fully saturated rings. The molecule has 0 aliphatic heterocycles. The first-order valence-corrected chi connectivity index (χ1v) is 5.64. The lowest BCUT2D eigenvalue weighted by Crippen LogP contribution is -2.25. The quantitative estimate of drug-likeness (QED) is 0.590. The second-order valence-corrected chi connectivity index (χ2v) is 4.60. The molecule has 0 heterocycles. The van der Waals surface area contributed by atoms with E-state index in [0.717, 1.165) is 6.42 Å². The second kappa shape index (κ2) is 5.66. The van der Waals surface area contributed by atoms with E-state index in [1.807, 2.05) is 12.1 Å². The third-order valence-corrected chi connectivity index (χ3v) is 2.48. The number of carbonyl (C=O) groups is 1. The van der Waals surface area contributed by atoms with Gasteiger partial charge >= 0.3 is 0 Å². The molecule has 0 amide bonds. The molecule has 0 radical (unpaired) electrons. The van der Waals surface area contributed by atoms with E-state index in [1.165, 1.54) is 0 Å². The van der Waals surface area contributed by atoms with E-state index in [2.05, 4.69) is 13.8 Å². The lowest BCUT2D eigenvalue weighted by Gasteiger charge is -2.13. The van der Waals surface area contributed by atoms with Gasteiger partial charge in [0.1, 0.15) is 0 Å². The molecule has 0 aliphatic carbocycles. The number of Topliss-reactive ketones (excluding diaryl/α,β-unsaturated/α-hetero) is 1. The standard InChI is InChI=1S/C13H20N2O/c1-9(2)7-10(14)8-13(16)11-5-3-4-6-12(11)15/h3-6,9-10H,7-8,14-15H2,1-2H3. The van der Waals surface area contributed by atoms with Crippen molar-refractivity contribution in [1.29, 1.82) is 0 Å². The van der Waals surface area contributed by atoms with E-state index >= 15 is 0 Å². The molecular formula is C13H20N2O. The number of rotatable bonds is 5. The van der Waals surface area contributed by atoms with Crippen LogP contribution in [0, 0.1) is 5.92 Å². The molecule has 1 aromatic rings. The largest absolute Gasteiger partial charge is 0.398 e. The number of para-hydroxylation sites is 1. The SMILES string of the molecule is CC(C)CC(N)CC(=O)c1ccccc1N. The predicted molar refractivity (Wildman–Crippen MR) is 67.2 cm³/mol. The van der Waals surface area contributed by atoms with Gasteiger partial charge in [0, 0.05) is 23.7 Å². The van der Waals surface area contributed by atoms with E-state index in [-0.39, 0.29) is 11.8 Å². The Morgan fingerprint density at radius 3 is 2.50 bits per heavy atom. The number of ketones is 1. The molecule has 88 valence electrons. The van der Waals surface area contributed by atoms with E-state index in [0.29, 0.717) is 23.6 Å². The fourth-order valence-corrected chi connectivity index (χ4v) is 1.79. The summed E-state index contributed by atoms with van der Waals surface area (Å²) in [5.41, 5.74) is 12.8. The lowest BCUT2D eigenvalue weighted by atomic mass is 9.97. The normalized spacial score (nSPS) is 12.8. The van der Waals surface area contributed by atoms with Gasteiger partial charge in [0.15, 0.2) is 5.78 Å². The average molecular weight is 220 g/mol. The van der Waals surface area contributed by atoms with Crippen LogP contribution in [-0.2, 0) is 0 Å². The minimum atomic E-state index is -0.0768. The zero-order valence-electron chi connectivity index (χ0n) is 9.94. The molecule has 0 aliphatic rings. The van der Waals surface area contributed by atoms with Crippen molar-refractivity contribution in [2.45, 2.75) is 32.7 Å². The van der Waals surface area contributed by atoms with Crippen molar-refractivity contribution in [2.24, 2.45) is 11.7 Å². The van der Waals surface area contributed by atoms with Crippen LogP contribution in [0.3, 0.4) is 0 Å². The summed E-state index contributed by atoms with van der Waals surface area (Å²) in [7, 11) is 0. The van der Waals surface area contributed by atoms with Gasteiger partial charge < -0.3 is 11.5 Å². The molecular weight excluding hydrogens is 200 g/mol. The van der Waals surface area contributed by atoms with Gasteiger partial charge in [-0.15, -0.1) is 0 Å². The summed E-state index contributed by atoms with van der Waals surface area (Å²) in [5.74, 6) is 0.544. The van der Waals surface area contributed by atoms with Gasteiger partial charge in [0.05, 0.1) is 0 Å². The fourth-order valence-electron chi connectivity index (χ4n) is 1.79. The van der Waals surface area contributed by atoms with Gasteiger partial charge in [0.2, 0.25) is 0 Å². The summed E-state index contributed by atoms with van der Waals surface area (Å²) in [6, 6.07) is 7.05. The Morgan fingerprint density at radius 2 is 1.94 bits per heavy atom. The molecule has 0 bridgehead atoms. The molecule has 1 unspecified atom stereocenters. The van der Waals surface area contributed by atoms with Gasteiger partial charge in [-0.1, -0.05) is 26.0 Å². The average Bonchev–Trinajstić information content (AvgIpc) is 2.16. The van der Waals surface area contributed by atoms with Crippen molar-refractivity contribution in [2.75, 3.05) is 5.73 Å². The molecule has 4 N–H and O–H groups in total. The summed E-state index contributed by atoms with van der Waals surface area (Å²) < 4.78 is 0. The maximum atomic E-state index is 11.9. The molecule has 1 aromatic carbocycles. The maximum absolute atomic E-state index is 11.9. The van der Waals surface area contributed by atoms with E-state index in [4.69, 9.17) is 11.5 Å². The first-order valence-electron chi connectivity index (χ1n) is 5.64. The van der Waals surface area contributed by atoms with Crippen LogP contribution < -0.4 is 11.5 Å². The van der Waals surface area contributed by atoms with Crippen LogP contribution in [0.2, 0.25) is 0 Å². The van der Waals surface area contributed by atoms with Gasteiger partial charge in [-0.25, -0.2) is 0 Å². The molecule has 1 rings (SSSR count). The first kappa shape index (κ1) is 12.7. The summed E-state index contributed by atoms with van der Waals surface area (Å²) in [5, 5.41) is 0. The molecule has 0 spiro atoms. The highest BCUT2D eigenvalue weighted by Crippen LogP contribution is 2.15. The van der Waals surface area contributed by atoms with Crippen LogP contribution in [0.25, 0.3) is 0 Å². The highest BCUT2D eigenvalue weighted by molar-refractivity contribution is 6.00. The highest BCUT2D eigenvalue weighted by atomic mass is 16.1. The molecule has 3 nitrogen and oxygen atoms in total. The summed E-state index contributed by atoms with van der Waals surface area (Å²) in [6.45, 7) is 4.20.